The van der Waals surface area contributed by atoms with Gasteiger partial charge in [0.25, 0.3) is 0 Å². The molecule has 4 nitrogen and oxygen atoms in total. The second-order valence-electron chi connectivity index (χ2n) is 6.47. The predicted octanol–water partition coefficient (Wildman–Crippen LogP) is 2.47. The number of carbonyl (C=O) groups is 1. The zero-order valence-electron chi connectivity index (χ0n) is 12.8. The van der Waals surface area contributed by atoms with E-state index in [-0.39, 0.29) is 23.3 Å². The SMILES string of the molecule is Cc1ncc(CNC(=O)C2CCC(N)C(C)C2(C)C)s1. The van der Waals surface area contributed by atoms with Crippen molar-refractivity contribution in [3.8, 4) is 0 Å². The molecule has 112 valence electrons. The van der Waals surface area contributed by atoms with E-state index in [1.54, 1.807) is 11.3 Å². The van der Waals surface area contributed by atoms with Gasteiger partial charge in [-0.15, -0.1) is 11.3 Å². The van der Waals surface area contributed by atoms with Crippen LogP contribution in [0.4, 0.5) is 0 Å². The van der Waals surface area contributed by atoms with Crippen LogP contribution >= 0.6 is 11.3 Å². The van der Waals surface area contributed by atoms with Crippen LogP contribution in [0.2, 0.25) is 0 Å². The molecule has 1 heterocycles. The summed E-state index contributed by atoms with van der Waals surface area (Å²) in [4.78, 5) is 17.8. The molecule has 0 spiro atoms. The summed E-state index contributed by atoms with van der Waals surface area (Å²) >= 11 is 1.63. The minimum atomic E-state index is -0.0502. The Morgan fingerprint density at radius 1 is 1.55 bits per heavy atom. The van der Waals surface area contributed by atoms with Gasteiger partial charge < -0.3 is 11.1 Å². The van der Waals surface area contributed by atoms with Gasteiger partial charge in [0.1, 0.15) is 0 Å². The van der Waals surface area contributed by atoms with Crippen molar-refractivity contribution in [2.45, 2.75) is 53.1 Å². The quantitative estimate of drug-likeness (QED) is 0.900. The van der Waals surface area contributed by atoms with E-state index in [1.165, 1.54) is 0 Å². The molecule has 0 aromatic carbocycles. The summed E-state index contributed by atoms with van der Waals surface area (Å²) in [7, 11) is 0. The van der Waals surface area contributed by atoms with Gasteiger partial charge in [0.05, 0.1) is 11.6 Å². The molecule has 1 amide bonds. The van der Waals surface area contributed by atoms with E-state index in [0.717, 1.165) is 22.7 Å². The molecule has 1 saturated carbocycles. The van der Waals surface area contributed by atoms with E-state index in [0.29, 0.717) is 12.5 Å². The normalized spacial score (nSPS) is 29.1. The molecule has 0 bridgehead atoms. The molecule has 2 rings (SSSR count). The monoisotopic (exact) mass is 295 g/mol. The molecule has 0 saturated heterocycles. The smallest absolute Gasteiger partial charge is 0.223 e. The maximum absolute atomic E-state index is 12.5. The number of aryl methyl sites for hydroxylation is 1. The van der Waals surface area contributed by atoms with Gasteiger partial charge in [-0.05, 0) is 31.1 Å². The van der Waals surface area contributed by atoms with E-state index in [2.05, 4.69) is 31.1 Å². The van der Waals surface area contributed by atoms with Crippen molar-refractivity contribution in [2.24, 2.45) is 23.0 Å². The summed E-state index contributed by atoms with van der Waals surface area (Å²) in [6, 6.07) is 0.207. The third kappa shape index (κ3) is 3.04. The Balaban J connectivity index is 1.98. The highest BCUT2D eigenvalue weighted by Crippen LogP contribution is 2.44. The molecule has 3 atom stereocenters. The van der Waals surface area contributed by atoms with Gasteiger partial charge in [-0.2, -0.15) is 0 Å². The third-order valence-corrected chi connectivity index (χ3v) is 5.84. The van der Waals surface area contributed by atoms with Crippen LogP contribution in [-0.2, 0) is 11.3 Å². The lowest BCUT2D eigenvalue weighted by atomic mass is 9.61. The molecule has 3 N–H and O–H groups in total. The summed E-state index contributed by atoms with van der Waals surface area (Å²) < 4.78 is 0. The molecule has 5 heteroatoms. The zero-order chi connectivity index (χ0) is 14.9. The third-order valence-electron chi connectivity index (χ3n) is 4.93. The van der Waals surface area contributed by atoms with Crippen LogP contribution in [0.3, 0.4) is 0 Å². The van der Waals surface area contributed by atoms with Crippen molar-refractivity contribution in [3.63, 3.8) is 0 Å². The Morgan fingerprint density at radius 2 is 2.25 bits per heavy atom. The maximum Gasteiger partial charge on any atom is 0.223 e. The Hall–Kier alpha value is -0.940. The molecule has 1 aromatic heterocycles. The number of hydrogen-bond acceptors (Lipinski definition) is 4. The highest BCUT2D eigenvalue weighted by Gasteiger charge is 2.44. The number of aromatic nitrogens is 1. The number of rotatable bonds is 3. The van der Waals surface area contributed by atoms with Crippen LogP contribution in [-0.4, -0.2) is 16.9 Å². The lowest BCUT2D eigenvalue weighted by Crippen LogP contribution is -2.51. The molecule has 1 aromatic rings. The fourth-order valence-electron chi connectivity index (χ4n) is 3.10. The number of nitrogens with zero attached hydrogens (tertiary/aromatic N) is 1. The van der Waals surface area contributed by atoms with Crippen molar-refractivity contribution in [1.82, 2.24) is 10.3 Å². The first-order valence-corrected chi connectivity index (χ1v) is 8.08. The van der Waals surface area contributed by atoms with E-state index >= 15 is 0 Å². The van der Waals surface area contributed by atoms with Gasteiger partial charge in [0, 0.05) is 23.0 Å². The van der Waals surface area contributed by atoms with Crippen LogP contribution in [0.15, 0.2) is 6.20 Å². The van der Waals surface area contributed by atoms with Crippen molar-refractivity contribution in [1.29, 1.82) is 0 Å². The van der Waals surface area contributed by atoms with E-state index in [9.17, 15) is 4.79 Å². The Bertz CT molecular complexity index is 483. The second kappa shape index (κ2) is 5.82. The number of nitrogens with two attached hydrogens (primary N) is 1. The number of amides is 1. The molecular formula is C15H25N3OS. The van der Waals surface area contributed by atoms with E-state index in [4.69, 9.17) is 5.73 Å². The maximum atomic E-state index is 12.5. The fraction of sp³-hybridized carbons (Fsp3) is 0.733. The lowest BCUT2D eigenvalue weighted by molar-refractivity contribution is -0.132. The summed E-state index contributed by atoms with van der Waals surface area (Å²) in [6.07, 6.45) is 3.65. The van der Waals surface area contributed by atoms with E-state index in [1.807, 2.05) is 13.1 Å². The number of nitrogens with one attached hydrogen (secondary N) is 1. The first kappa shape index (κ1) is 15.4. The second-order valence-corrected chi connectivity index (χ2v) is 7.79. The van der Waals surface area contributed by atoms with Crippen LogP contribution in [0, 0.1) is 24.2 Å². The molecule has 3 unspecified atom stereocenters. The Labute approximate surface area is 125 Å². The van der Waals surface area contributed by atoms with Gasteiger partial charge in [0.2, 0.25) is 5.91 Å². The van der Waals surface area contributed by atoms with Crippen LogP contribution in [0.25, 0.3) is 0 Å². The van der Waals surface area contributed by atoms with Gasteiger partial charge in [-0.1, -0.05) is 20.8 Å². The van der Waals surface area contributed by atoms with Crippen LogP contribution in [0.5, 0.6) is 0 Å². The number of hydrogen-bond donors (Lipinski definition) is 2. The standard InChI is InChI=1S/C15H25N3OS/c1-9-13(16)6-5-12(15(9,3)4)14(19)18-8-11-7-17-10(2)20-11/h7,9,12-13H,5-6,8,16H2,1-4H3,(H,18,19). The average molecular weight is 295 g/mol. The number of thiazole rings is 1. The minimum absolute atomic E-state index is 0.0475. The fourth-order valence-corrected chi connectivity index (χ4v) is 3.84. The predicted molar refractivity (Wildman–Crippen MR) is 82.3 cm³/mol. The molecular weight excluding hydrogens is 270 g/mol. The van der Waals surface area contributed by atoms with Crippen LogP contribution < -0.4 is 11.1 Å². The molecule has 0 radical (unpaired) electrons. The van der Waals surface area contributed by atoms with Crippen LogP contribution in [0.1, 0.15) is 43.5 Å². The highest BCUT2D eigenvalue weighted by molar-refractivity contribution is 7.11. The minimum Gasteiger partial charge on any atom is -0.351 e. The molecule has 1 fully saturated rings. The van der Waals surface area contributed by atoms with Gasteiger partial charge in [-0.25, -0.2) is 4.98 Å². The topological polar surface area (TPSA) is 68.0 Å². The summed E-state index contributed by atoms with van der Waals surface area (Å²) in [6.45, 7) is 9.05. The van der Waals surface area contributed by atoms with Gasteiger partial charge in [-0.3, -0.25) is 4.79 Å². The highest BCUT2D eigenvalue weighted by atomic mass is 32.1. The lowest BCUT2D eigenvalue weighted by Gasteiger charge is -2.46. The first-order chi connectivity index (χ1) is 9.32. The Morgan fingerprint density at radius 3 is 2.85 bits per heavy atom. The average Bonchev–Trinajstić information content (AvgIpc) is 2.79. The van der Waals surface area contributed by atoms with Crippen molar-refractivity contribution >= 4 is 17.2 Å². The summed E-state index contributed by atoms with van der Waals surface area (Å²) in [5, 5.41) is 4.10. The molecule has 1 aliphatic carbocycles. The van der Waals surface area contributed by atoms with Crippen molar-refractivity contribution in [2.75, 3.05) is 0 Å². The largest absolute Gasteiger partial charge is 0.351 e. The first-order valence-electron chi connectivity index (χ1n) is 7.27. The van der Waals surface area contributed by atoms with Gasteiger partial charge in [0.15, 0.2) is 0 Å². The molecule has 1 aliphatic rings. The molecule has 0 aliphatic heterocycles. The summed E-state index contributed by atoms with van der Waals surface area (Å²) in [5.41, 5.74) is 6.10. The molecule has 20 heavy (non-hydrogen) atoms. The number of carbonyl (C=O) groups excluding carboxylic acids is 1. The van der Waals surface area contributed by atoms with Crippen molar-refractivity contribution < 1.29 is 4.79 Å². The Kier molecular flexibility index (Phi) is 4.49. The summed E-state index contributed by atoms with van der Waals surface area (Å²) in [5.74, 6) is 0.559. The van der Waals surface area contributed by atoms with Crippen molar-refractivity contribution in [3.05, 3.63) is 16.1 Å². The van der Waals surface area contributed by atoms with E-state index < -0.39 is 0 Å². The zero-order valence-corrected chi connectivity index (χ0v) is 13.6. The van der Waals surface area contributed by atoms with Gasteiger partial charge >= 0.3 is 0 Å².